The SMILES string of the molecule is N[C@H](Cc1ccccc1)c1nc(Cc2ccncc2)no1. The zero-order valence-corrected chi connectivity index (χ0v) is 11.5. The van der Waals surface area contributed by atoms with Gasteiger partial charge in [-0.1, -0.05) is 35.5 Å². The van der Waals surface area contributed by atoms with E-state index in [4.69, 9.17) is 10.3 Å². The van der Waals surface area contributed by atoms with Crippen LogP contribution in [0.25, 0.3) is 0 Å². The molecule has 0 amide bonds. The van der Waals surface area contributed by atoms with Gasteiger partial charge in [0.2, 0.25) is 5.89 Å². The highest BCUT2D eigenvalue weighted by atomic mass is 16.5. The van der Waals surface area contributed by atoms with E-state index < -0.39 is 0 Å². The van der Waals surface area contributed by atoms with Crippen molar-refractivity contribution in [3.8, 4) is 0 Å². The molecule has 2 heterocycles. The third kappa shape index (κ3) is 3.52. The van der Waals surface area contributed by atoms with E-state index in [1.54, 1.807) is 12.4 Å². The predicted molar refractivity (Wildman–Crippen MR) is 78.4 cm³/mol. The molecule has 0 aliphatic rings. The number of pyridine rings is 1. The second-order valence-corrected chi connectivity index (χ2v) is 4.88. The van der Waals surface area contributed by atoms with Gasteiger partial charge in [0.25, 0.3) is 0 Å². The molecule has 0 saturated carbocycles. The molecule has 0 saturated heterocycles. The third-order valence-corrected chi connectivity index (χ3v) is 3.21. The van der Waals surface area contributed by atoms with E-state index in [9.17, 15) is 0 Å². The molecule has 2 aromatic heterocycles. The first kappa shape index (κ1) is 13.5. The van der Waals surface area contributed by atoms with Gasteiger partial charge < -0.3 is 10.3 Å². The van der Waals surface area contributed by atoms with E-state index in [-0.39, 0.29) is 6.04 Å². The summed E-state index contributed by atoms with van der Waals surface area (Å²) >= 11 is 0. The molecule has 1 atom stereocenters. The Kier molecular flexibility index (Phi) is 4.02. The lowest BCUT2D eigenvalue weighted by Crippen LogP contribution is -2.13. The zero-order valence-electron chi connectivity index (χ0n) is 11.5. The molecule has 2 N–H and O–H groups in total. The van der Waals surface area contributed by atoms with Crippen LogP contribution in [0.2, 0.25) is 0 Å². The van der Waals surface area contributed by atoms with Gasteiger partial charge in [-0.2, -0.15) is 4.98 Å². The van der Waals surface area contributed by atoms with Gasteiger partial charge in [-0.05, 0) is 29.7 Å². The Morgan fingerprint density at radius 3 is 2.52 bits per heavy atom. The van der Waals surface area contributed by atoms with Crippen LogP contribution in [0.3, 0.4) is 0 Å². The standard InChI is InChI=1S/C16H16N4O/c17-14(10-12-4-2-1-3-5-12)16-19-15(20-21-16)11-13-6-8-18-9-7-13/h1-9,14H,10-11,17H2/t14-/m1/s1. The van der Waals surface area contributed by atoms with E-state index in [0.717, 1.165) is 11.1 Å². The number of hydrogen-bond acceptors (Lipinski definition) is 5. The summed E-state index contributed by atoms with van der Waals surface area (Å²) in [7, 11) is 0. The van der Waals surface area contributed by atoms with E-state index in [0.29, 0.717) is 24.6 Å². The molecule has 0 fully saturated rings. The molecule has 106 valence electrons. The molecule has 5 nitrogen and oxygen atoms in total. The Labute approximate surface area is 122 Å². The van der Waals surface area contributed by atoms with Crippen molar-refractivity contribution in [2.75, 3.05) is 0 Å². The first-order valence-corrected chi connectivity index (χ1v) is 6.82. The van der Waals surface area contributed by atoms with Crippen molar-refractivity contribution < 1.29 is 4.52 Å². The average molecular weight is 280 g/mol. The maximum Gasteiger partial charge on any atom is 0.243 e. The average Bonchev–Trinajstić information content (AvgIpc) is 2.98. The van der Waals surface area contributed by atoms with Gasteiger partial charge in [0, 0.05) is 18.8 Å². The van der Waals surface area contributed by atoms with Crippen molar-refractivity contribution in [2.45, 2.75) is 18.9 Å². The minimum Gasteiger partial charge on any atom is -0.338 e. The Bertz CT molecular complexity index is 682. The Hall–Kier alpha value is -2.53. The van der Waals surface area contributed by atoms with Gasteiger partial charge in [0.1, 0.15) is 0 Å². The fourth-order valence-corrected chi connectivity index (χ4v) is 2.13. The monoisotopic (exact) mass is 280 g/mol. The molecule has 0 aliphatic carbocycles. The van der Waals surface area contributed by atoms with Crippen molar-refractivity contribution >= 4 is 0 Å². The summed E-state index contributed by atoms with van der Waals surface area (Å²) < 4.78 is 5.27. The number of nitrogens with zero attached hydrogens (tertiary/aromatic N) is 3. The minimum absolute atomic E-state index is 0.286. The van der Waals surface area contributed by atoms with Gasteiger partial charge in [0.05, 0.1) is 6.04 Å². The van der Waals surface area contributed by atoms with Crippen molar-refractivity contribution in [1.29, 1.82) is 0 Å². The fourth-order valence-electron chi connectivity index (χ4n) is 2.13. The summed E-state index contributed by atoms with van der Waals surface area (Å²) in [6.07, 6.45) is 4.79. The van der Waals surface area contributed by atoms with Gasteiger partial charge in [-0.15, -0.1) is 0 Å². The lowest BCUT2D eigenvalue weighted by molar-refractivity contribution is 0.350. The van der Waals surface area contributed by atoms with Crippen LogP contribution in [0.5, 0.6) is 0 Å². The number of hydrogen-bond donors (Lipinski definition) is 1. The van der Waals surface area contributed by atoms with E-state index in [2.05, 4.69) is 15.1 Å². The number of benzene rings is 1. The van der Waals surface area contributed by atoms with Crippen molar-refractivity contribution in [3.05, 3.63) is 77.7 Å². The van der Waals surface area contributed by atoms with Crippen LogP contribution in [-0.4, -0.2) is 15.1 Å². The zero-order chi connectivity index (χ0) is 14.5. The largest absolute Gasteiger partial charge is 0.338 e. The van der Waals surface area contributed by atoms with Crippen LogP contribution in [0.4, 0.5) is 0 Å². The highest BCUT2D eigenvalue weighted by Crippen LogP contribution is 2.15. The van der Waals surface area contributed by atoms with E-state index >= 15 is 0 Å². The van der Waals surface area contributed by atoms with Gasteiger partial charge >= 0.3 is 0 Å². The molecule has 0 unspecified atom stereocenters. The fraction of sp³-hybridized carbons (Fsp3) is 0.188. The molecule has 0 bridgehead atoms. The summed E-state index contributed by atoms with van der Waals surface area (Å²) in [6, 6.07) is 13.6. The van der Waals surface area contributed by atoms with Crippen LogP contribution < -0.4 is 5.73 Å². The molecule has 3 aromatic rings. The van der Waals surface area contributed by atoms with E-state index in [1.165, 1.54) is 0 Å². The van der Waals surface area contributed by atoms with Gasteiger partial charge in [0.15, 0.2) is 5.82 Å². The summed E-state index contributed by atoms with van der Waals surface area (Å²) in [5, 5.41) is 3.99. The molecular formula is C16H16N4O. The summed E-state index contributed by atoms with van der Waals surface area (Å²) in [5.74, 6) is 1.11. The lowest BCUT2D eigenvalue weighted by atomic mass is 10.1. The highest BCUT2D eigenvalue weighted by Gasteiger charge is 2.15. The van der Waals surface area contributed by atoms with Gasteiger partial charge in [-0.25, -0.2) is 0 Å². The third-order valence-electron chi connectivity index (χ3n) is 3.21. The summed E-state index contributed by atoms with van der Waals surface area (Å²) in [5.41, 5.74) is 8.37. The molecule has 0 radical (unpaired) electrons. The Morgan fingerprint density at radius 2 is 1.76 bits per heavy atom. The van der Waals surface area contributed by atoms with Gasteiger partial charge in [-0.3, -0.25) is 4.98 Å². The quantitative estimate of drug-likeness (QED) is 0.776. The minimum atomic E-state index is -0.286. The molecular weight excluding hydrogens is 264 g/mol. The lowest BCUT2D eigenvalue weighted by Gasteiger charge is -2.05. The topological polar surface area (TPSA) is 77.8 Å². The summed E-state index contributed by atoms with van der Waals surface area (Å²) in [6.45, 7) is 0. The van der Waals surface area contributed by atoms with E-state index in [1.807, 2.05) is 42.5 Å². The van der Waals surface area contributed by atoms with Crippen LogP contribution in [0, 0.1) is 0 Å². The molecule has 5 heteroatoms. The maximum atomic E-state index is 6.13. The number of rotatable bonds is 5. The van der Waals surface area contributed by atoms with Crippen molar-refractivity contribution in [3.63, 3.8) is 0 Å². The highest BCUT2D eigenvalue weighted by molar-refractivity contribution is 5.18. The molecule has 1 aromatic carbocycles. The second-order valence-electron chi connectivity index (χ2n) is 4.88. The van der Waals surface area contributed by atoms with Crippen molar-refractivity contribution in [2.24, 2.45) is 5.73 Å². The smallest absolute Gasteiger partial charge is 0.243 e. The van der Waals surface area contributed by atoms with Crippen molar-refractivity contribution in [1.82, 2.24) is 15.1 Å². The first-order valence-electron chi connectivity index (χ1n) is 6.82. The molecule has 0 spiro atoms. The number of aromatic nitrogens is 3. The Morgan fingerprint density at radius 1 is 1.00 bits per heavy atom. The second kappa shape index (κ2) is 6.28. The number of nitrogens with two attached hydrogens (primary N) is 1. The maximum absolute atomic E-state index is 6.13. The molecule has 3 rings (SSSR count). The van der Waals surface area contributed by atoms with Crippen LogP contribution in [-0.2, 0) is 12.8 Å². The summed E-state index contributed by atoms with van der Waals surface area (Å²) in [4.78, 5) is 8.36. The normalized spacial score (nSPS) is 12.2. The molecule has 0 aliphatic heterocycles. The first-order chi connectivity index (χ1) is 10.3. The van der Waals surface area contributed by atoms with Crippen LogP contribution in [0.15, 0.2) is 59.4 Å². The van der Waals surface area contributed by atoms with Crippen LogP contribution in [0.1, 0.15) is 28.9 Å². The molecule has 21 heavy (non-hydrogen) atoms. The predicted octanol–water partition coefficient (Wildman–Crippen LogP) is 2.30. The Balaban J connectivity index is 1.67. The van der Waals surface area contributed by atoms with Crippen LogP contribution >= 0.6 is 0 Å².